The number of carbonyl (C=O) groups excluding carboxylic acids is 2. The molecule has 8 heteroatoms. The van der Waals surface area contributed by atoms with E-state index >= 15 is 0 Å². The van der Waals surface area contributed by atoms with Crippen molar-refractivity contribution in [1.29, 1.82) is 0 Å². The summed E-state index contributed by atoms with van der Waals surface area (Å²) in [6, 6.07) is 0.0358. The predicted molar refractivity (Wildman–Crippen MR) is 102 cm³/mol. The van der Waals surface area contributed by atoms with Crippen LogP contribution in [0.5, 0.6) is 0 Å². The highest BCUT2D eigenvalue weighted by molar-refractivity contribution is 5.92. The molecule has 0 spiro atoms. The van der Waals surface area contributed by atoms with Crippen molar-refractivity contribution in [3.05, 3.63) is 24.3 Å². The maximum absolute atomic E-state index is 12.7. The highest BCUT2D eigenvalue weighted by Crippen LogP contribution is 2.09. The van der Waals surface area contributed by atoms with Gasteiger partial charge in [0.15, 0.2) is 0 Å². The van der Waals surface area contributed by atoms with Gasteiger partial charge in [0.25, 0.3) is 5.91 Å². The molecule has 0 aliphatic carbocycles. The summed E-state index contributed by atoms with van der Waals surface area (Å²) in [4.78, 5) is 36.9. The molecule has 2 rings (SSSR count). The SMILES string of the molecule is CCC(C)N(CCC(=O)NCCCN1CCOCC1)C(=O)c1cnccn1. The lowest BCUT2D eigenvalue weighted by atomic mass is 10.2. The highest BCUT2D eigenvalue weighted by atomic mass is 16.5. The van der Waals surface area contributed by atoms with E-state index in [9.17, 15) is 9.59 Å². The van der Waals surface area contributed by atoms with Gasteiger partial charge in [-0.25, -0.2) is 4.98 Å². The summed E-state index contributed by atoms with van der Waals surface area (Å²) >= 11 is 0. The second-order valence-electron chi connectivity index (χ2n) is 6.75. The van der Waals surface area contributed by atoms with E-state index in [2.05, 4.69) is 20.2 Å². The summed E-state index contributed by atoms with van der Waals surface area (Å²) in [5.41, 5.74) is 0.309. The standard InChI is InChI=1S/C19H31N5O3/c1-3-16(2)24(19(26)17-15-20-7-8-21-17)10-5-18(25)22-6-4-9-23-11-13-27-14-12-23/h7-8,15-16H,3-6,9-14H2,1-2H3,(H,22,25). The van der Waals surface area contributed by atoms with Gasteiger partial charge in [0.1, 0.15) is 5.69 Å². The molecule has 1 atom stereocenters. The third-order valence-electron chi connectivity index (χ3n) is 4.82. The molecule has 1 unspecified atom stereocenters. The quantitative estimate of drug-likeness (QED) is 0.611. The number of morpholine rings is 1. The molecule has 0 bridgehead atoms. The maximum atomic E-state index is 12.7. The normalized spacial score (nSPS) is 15.9. The molecule has 1 aromatic heterocycles. The fourth-order valence-electron chi connectivity index (χ4n) is 2.96. The molecule has 1 aromatic rings. The van der Waals surface area contributed by atoms with Gasteiger partial charge in [0.2, 0.25) is 5.91 Å². The van der Waals surface area contributed by atoms with E-state index in [4.69, 9.17) is 4.74 Å². The summed E-state index contributed by atoms with van der Waals surface area (Å²) in [5.74, 6) is -0.213. The van der Waals surface area contributed by atoms with Crippen molar-refractivity contribution >= 4 is 11.8 Å². The first kappa shape index (κ1) is 21.2. The van der Waals surface area contributed by atoms with E-state index in [1.165, 1.54) is 18.6 Å². The number of rotatable bonds is 10. The number of amides is 2. The van der Waals surface area contributed by atoms with Gasteiger partial charge in [-0.2, -0.15) is 0 Å². The van der Waals surface area contributed by atoms with E-state index < -0.39 is 0 Å². The Hall–Kier alpha value is -2.06. The minimum atomic E-state index is -0.183. The Morgan fingerprint density at radius 3 is 2.78 bits per heavy atom. The maximum Gasteiger partial charge on any atom is 0.274 e. The molecule has 8 nitrogen and oxygen atoms in total. The lowest BCUT2D eigenvalue weighted by molar-refractivity contribution is -0.121. The molecule has 150 valence electrons. The van der Waals surface area contributed by atoms with E-state index in [-0.39, 0.29) is 24.3 Å². The molecular formula is C19H31N5O3. The third kappa shape index (κ3) is 7.22. The molecule has 0 aromatic carbocycles. The van der Waals surface area contributed by atoms with Gasteiger partial charge in [-0.15, -0.1) is 0 Å². The first-order valence-electron chi connectivity index (χ1n) is 9.75. The van der Waals surface area contributed by atoms with Crippen molar-refractivity contribution < 1.29 is 14.3 Å². The van der Waals surface area contributed by atoms with Crippen LogP contribution in [0.1, 0.15) is 43.6 Å². The first-order chi connectivity index (χ1) is 13.1. The van der Waals surface area contributed by atoms with Crippen LogP contribution in [0.2, 0.25) is 0 Å². The molecule has 1 fully saturated rings. The van der Waals surface area contributed by atoms with Crippen molar-refractivity contribution in [2.24, 2.45) is 0 Å². The molecule has 27 heavy (non-hydrogen) atoms. The average molecular weight is 377 g/mol. The number of nitrogens with zero attached hydrogens (tertiary/aromatic N) is 4. The van der Waals surface area contributed by atoms with Crippen LogP contribution in [0.25, 0.3) is 0 Å². The lowest BCUT2D eigenvalue weighted by Crippen LogP contribution is -2.41. The number of ether oxygens (including phenoxy) is 1. The Balaban J connectivity index is 1.73. The van der Waals surface area contributed by atoms with Crippen LogP contribution in [-0.2, 0) is 9.53 Å². The largest absolute Gasteiger partial charge is 0.379 e. The van der Waals surface area contributed by atoms with E-state index in [1.54, 1.807) is 4.90 Å². The molecular weight excluding hydrogens is 346 g/mol. The lowest BCUT2D eigenvalue weighted by Gasteiger charge is -2.28. The number of carbonyl (C=O) groups is 2. The summed E-state index contributed by atoms with van der Waals surface area (Å²) in [6.45, 7) is 9.49. The molecule has 1 saturated heterocycles. The van der Waals surface area contributed by atoms with Gasteiger partial charge in [-0.3, -0.25) is 19.5 Å². The zero-order valence-corrected chi connectivity index (χ0v) is 16.4. The molecule has 1 N–H and O–H groups in total. The minimum Gasteiger partial charge on any atom is -0.379 e. The fourth-order valence-corrected chi connectivity index (χ4v) is 2.96. The topological polar surface area (TPSA) is 87.7 Å². The molecule has 1 aliphatic rings. The Kier molecular flexibility index (Phi) is 9.13. The number of aromatic nitrogens is 2. The highest BCUT2D eigenvalue weighted by Gasteiger charge is 2.22. The molecule has 0 saturated carbocycles. The van der Waals surface area contributed by atoms with Crippen molar-refractivity contribution in [3.63, 3.8) is 0 Å². The van der Waals surface area contributed by atoms with Gasteiger partial charge in [0.05, 0.1) is 19.4 Å². The van der Waals surface area contributed by atoms with Crippen molar-refractivity contribution in [2.75, 3.05) is 45.9 Å². The summed E-state index contributed by atoms with van der Waals surface area (Å²) < 4.78 is 5.33. The summed E-state index contributed by atoms with van der Waals surface area (Å²) in [6.07, 6.45) is 6.52. The first-order valence-corrected chi connectivity index (χ1v) is 9.75. The second kappa shape index (κ2) is 11.6. The van der Waals surface area contributed by atoms with Crippen LogP contribution >= 0.6 is 0 Å². The van der Waals surface area contributed by atoms with Crippen LogP contribution < -0.4 is 5.32 Å². The predicted octanol–water partition coefficient (Wildman–Crippen LogP) is 0.946. The van der Waals surface area contributed by atoms with Crippen LogP contribution in [0, 0.1) is 0 Å². The monoisotopic (exact) mass is 377 g/mol. The Morgan fingerprint density at radius 2 is 2.11 bits per heavy atom. The minimum absolute atomic E-state index is 0.0303. The number of hydrogen-bond acceptors (Lipinski definition) is 6. The van der Waals surface area contributed by atoms with Crippen molar-refractivity contribution in [1.82, 2.24) is 25.1 Å². The molecule has 2 heterocycles. The van der Waals surface area contributed by atoms with Gasteiger partial charge in [-0.05, 0) is 26.3 Å². The van der Waals surface area contributed by atoms with Crippen LogP contribution in [0.4, 0.5) is 0 Å². The number of nitrogens with one attached hydrogen (secondary N) is 1. The van der Waals surface area contributed by atoms with Gasteiger partial charge in [-0.1, -0.05) is 6.92 Å². The van der Waals surface area contributed by atoms with Crippen molar-refractivity contribution in [3.8, 4) is 0 Å². The van der Waals surface area contributed by atoms with Crippen LogP contribution in [0.3, 0.4) is 0 Å². The van der Waals surface area contributed by atoms with E-state index in [1.807, 2.05) is 13.8 Å². The zero-order chi connectivity index (χ0) is 19.5. The Labute approximate surface area is 161 Å². The van der Waals surface area contributed by atoms with Crippen LogP contribution in [0.15, 0.2) is 18.6 Å². The summed E-state index contributed by atoms with van der Waals surface area (Å²) in [5, 5.41) is 2.95. The molecule has 1 aliphatic heterocycles. The Bertz CT molecular complexity index is 578. The van der Waals surface area contributed by atoms with Crippen molar-refractivity contribution in [2.45, 2.75) is 39.2 Å². The Morgan fingerprint density at radius 1 is 1.33 bits per heavy atom. The van der Waals surface area contributed by atoms with E-state index in [0.29, 0.717) is 18.8 Å². The second-order valence-corrected chi connectivity index (χ2v) is 6.75. The average Bonchev–Trinajstić information content (AvgIpc) is 2.72. The van der Waals surface area contributed by atoms with E-state index in [0.717, 1.165) is 45.7 Å². The van der Waals surface area contributed by atoms with Gasteiger partial charge >= 0.3 is 0 Å². The van der Waals surface area contributed by atoms with Crippen LogP contribution in [-0.4, -0.2) is 83.6 Å². The molecule has 2 amide bonds. The smallest absolute Gasteiger partial charge is 0.274 e. The fraction of sp³-hybridized carbons (Fsp3) is 0.684. The third-order valence-corrected chi connectivity index (χ3v) is 4.82. The van der Waals surface area contributed by atoms with Gasteiger partial charge < -0.3 is 15.0 Å². The van der Waals surface area contributed by atoms with Gasteiger partial charge in [0, 0.05) is 51.0 Å². The zero-order valence-electron chi connectivity index (χ0n) is 16.4. The molecule has 0 radical (unpaired) electrons. The number of hydrogen-bond donors (Lipinski definition) is 1. The summed E-state index contributed by atoms with van der Waals surface area (Å²) in [7, 11) is 0.